The molecule has 0 bridgehead atoms. The fourth-order valence-corrected chi connectivity index (χ4v) is 2.75. The van der Waals surface area contributed by atoms with Crippen molar-refractivity contribution in [1.82, 2.24) is 10.2 Å². The van der Waals surface area contributed by atoms with Gasteiger partial charge in [-0.1, -0.05) is 0 Å². The molecule has 0 aliphatic carbocycles. The van der Waals surface area contributed by atoms with Crippen LogP contribution in [0.1, 0.15) is 12.0 Å². The molecule has 22 heavy (non-hydrogen) atoms. The van der Waals surface area contributed by atoms with E-state index in [9.17, 15) is 4.79 Å². The predicted molar refractivity (Wildman–Crippen MR) is 83.8 cm³/mol. The molecule has 1 amide bonds. The molecule has 1 N–H and O–H groups in total. The third-order valence-electron chi connectivity index (χ3n) is 3.85. The van der Waals surface area contributed by atoms with E-state index in [-0.39, 0.29) is 18.4 Å². The summed E-state index contributed by atoms with van der Waals surface area (Å²) in [6.07, 6.45) is 1.29. The van der Waals surface area contributed by atoms with E-state index >= 15 is 0 Å². The van der Waals surface area contributed by atoms with Gasteiger partial charge in [0.2, 0.25) is 11.7 Å². The lowest BCUT2D eigenvalue weighted by molar-refractivity contribution is -0.121. The van der Waals surface area contributed by atoms with E-state index in [0.717, 1.165) is 25.1 Å². The Kier molecular flexibility index (Phi) is 5.49. The average molecular weight is 308 g/mol. The molecule has 1 atom stereocenters. The normalized spacial score (nSPS) is 18.1. The van der Waals surface area contributed by atoms with E-state index in [1.165, 1.54) is 0 Å². The highest BCUT2D eigenvalue weighted by molar-refractivity contribution is 5.79. The van der Waals surface area contributed by atoms with E-state index in [1.807, 2.05) is 12.1 Å². The lowest BCUT2D eigenvalue weighted by atomic mass is 10.1. The Balaban J connectivity index is 2.07. The molecule has 0 aromatic heterocycles. The summed E-state index contributed by atoms with van der Waals surface area (Å²) in [4.78, 5) is 14.4. The Morgan fingerprint density at radius 1 is 1.23 bits per heavy atom. The number of methoxy groups -OCH3 is 3. The highest BCUT2D eigenvalue weighted by Gasteiger charge is 2.21. The van der Waals surface area contributed by atoms with E-state index in [0.29, 0.717) is 17.2 Å². The molecular formula is C16H24N2O4. The third-order valence-corrected chi connectivity index (χ3v) is 3.85. The number of nitrogens with one attached hydrogen (secondary N) is 1. The van der Waals surface area contributed by atoms with Crippen molar-refractivity contribution >= 4 is 5.91 Å². The molecule has 2 rings (SSSR count). The third kappa shape index (κ3) is 3.82. The molecule has 1 aliphatic heterocycles. The maximum Gasteiger partial charge on any atom is 0.224 e. The maximum absolute atomic E-state index is 12.2. The van der Waals surface area contributed by atoms with Crippen molar-refractivity contribution < 1.29 is 19.0 Å². The first-order valence-electron chi connectivity index (χ1n) is 7.34. The summed E-state index contributed by atoms with van der Waals surface area (Å²) in [5.74, 6) is 1.66. The summed E-state index contributed by atoms with van der Waals surface area (Å²) in [5.41, 5.74) is 0.832. The molecule has 0 saturated carbocycles. The topological polar surface area (TPSA) is 60.0 Å². The molecule has 1 saturated heterocycles. The van der Waals surface area contributed by atoms with Gasteiger partial charge in [-0.15, -0.1) is 0 Å². The molecule has 1 fully saturated rings. The molecule has 122 valence electrons. The second kappa shape index (κ2) is 7.35. The first-order valence-corrected chi connectivity index (χ1v) is 7.34. The molecule has 0 unspecified atom stereocenters. The van der Waals surface area contributed by atoms with Gasteiger partial charge in [-0.2, -0.15) is 0 Å². The molecule has 6 nitrogen and oxygen atoms in total. The van der Waals surface area contributed by atoms with Crippen LogP contribution in [0.5, 0.6) is 17.2 Å². The molecule has 1 aromatic carbocycles. The number of likely N-dealkylation sites (N-methyl/N-ethyl adjacent to an activating group) is 1. The minimum Gasteiger partial charge on any atom is -0.493 e. The van der Waals surface area contributed by atoms with Gasteiger partial charge in [0, 0.05) is 12.6 Å². The van der Waals surface area contributed by atoms with Crippen LogP contribution in [0.15, 0.2) is 12.1 Å². The van der Waals surface area contributed by atoms with Gasteiger partial charge < -0.3 is 24.4 Å². The minimum absolute atomic E-state index is 0.00886. The Hall–Kier alpha value is -1.95. The molecule has 1 heterocycles. The Labute approximate surface area is 131 Å². The van der Waals surface area contributed by atoms with Gasteiger partial charge in [0.25, 0.3) is 0 Å². The predicted octanol–water partition coefficient (Wildman–Crippen LogP) is 1.08. The average Bonchev–Trinajstić information content (AvgIpc) is 2.90. The second-order valence-electron chi connectivity index (χ2n) is 5.53. The van der Waals surface area contributed by atoms with Gasteiger partial charge in [0.15, 0.2) is 11.5 Å². The fraction of sp³-hybridized carbons (Fsp3) is 0.562. The van der Waals surface area contributed by atoms with Gasteiger partial charge in [0.1, 0.15) is 0 Å². The van der Waals surface area contributed by atoms with Crippen molar-refractivity contribution in [2.24, 2.45) is 0 Å². The zero-order chi connectivity index (χ0) is 16.1. The standard InChI is InChI=1S/C16H24N2O4/c1-18-6-5-12(10-18)17-15(19)9-11-7-13(20-2)16(22-4)14(8-11)21-3/h7-8,12H,5-6,9-10H2,1-4H3,(H,17,19)/t12-/m1/s1. The summed E-state index contributed by atoms with van der Waals surface area (Å²) < 4.78 is 15.9. The maximum atomic E-state index is 12.2. The highest BCUT2D eigenvalue weighted by Crippen LogP contribution is 2.38. The summed E-state index contributed by atoms with van der Waals surface area (Å²) in [7, 11) is 6.75. The number of nitrogens with zero attached hydrogens (tertiary/aromatic N) is 1. The summed E-state index contributed by atoms with van der Waals surface area (Å²) in [6, 6.07) is 3.85. The van der Waals surface area contributed by atoms with Crippen molar-refractivity contribution in [2.75, 3.05) is 41.5 Å². The van der Waals surface area contributed by atoms with Crippen LogP contribution in [-0.4, -0.2) is 58.3 Å². The van der Waals surface area contributed by atoms with Crippen LogP contribution < -0.4 is 19.5 Å². The molecule has 0 radical (unpaired) electrons. The number of hydrogen-bond acceptors (Lipinski definition) is 5. The van der Waals surface area contributed by atoms with Crippen molar-refractivity contribution in [3.63, 3.8) is 0 Å². The number of benzene rings is 1. The van der Waals surface area contributed by atoms with Crippen LogP contribution in [0, 0.1) is 0 Å². The van der Waals surface area contributed by atoms with Crippen LogP contribution in [0.25, 0.3) is 0 Å². The molecule has 1 aromatic rings. The summed E-state index contributed by atoms with van der Waals surface area (Å²) >= 11 is 0. The Morgan fingerprint density at radius 3 is 2.32 bits per heavy atom. The van der Waals surface area contributed by atoms with Gasteiger partial charge in [-0.05, 0) is 37.7 Å². The van der Waals surface area contributed by atoms with Crippen molar-refractivity contribution in [1.29, 1.82) is 0 Å². The number of amides is 1. The number of hydrogen-bond donors (Lipinski definition) is 1. The molecule has 0 spiro atoms. The Bertz CT molecular complexity index is 508. The quantitative estimate of drug-likeness (QED) is 0.852. The smallest absolute Gasteiger partial charge is 0.224 e. The zero-order valence-electron chi connectivity index (χ0n) is 13.6. The molecular weight excluding hydrogens is 284 g/mol. The number of ether oxygens (including phenoxy) is 3. The number of likely N-dealkylation sites (tertiary alicyclic amines) is 1. The van der Waals surface area contributed by atoms with Gasteiger partial charge in [0.05, 0.1) is 27.8 Å². The van der Waals surface area contributed by atoms with Crippen LogP contribution in [-0.2, 0) is 11.2 Å². The largest absolute Gasteiger partial charge is 0.493 e. The SMILES string of the molecule is COc1cc(CC(=O)N[C@@H]2CCN(C)C2)cc(OC)c1OC. The van der Waals surface area contributed by atoms with E-state index in [2.05, 4.69) is 17.3 Å². The number of rotatable bonds is 6. The van der Waals surface area contributed by atoms with Gasteiger partial charge >= 0.3 is 0 Å². The first-order chi connectivity index (χ1) is 10.6. The van der Waals surface area contributed by atoms with E-state index in [1.54, 1.807) is 21.3 Å². The lowest BCUT2D eigenvalue weighted by Crippen LogP contribution is -2.37. The molecule has 6 heteroatoms. The summed E-state index contributed by atoms with van der Waals surface area (Å²) in [5, 5.41) is 3.07. The lowest BCUT2D eigenvalue weighted by Gasteiger charge is -2.15. The highest BCUT2D eigenvalue weighted by atomic mass is 16.5. The van der Waals surface area contributed by atoms with Crippen LogP contribution >= 0.6 is 0 Å². The Morgan fingerprint density at radius 2 is 1.86 bits per heavy atom. The zero-order valence-corrected chi connectivity index (χ0v) is 13.6. The fourth-order valence-electron chi connectivity index (χ4n) is 2.75. The minimum atomic E-state index is 0.00886. The molecule has 1 aliphatic rings. The van der Waals surface area contributed by atoms with Gasteiger partial charge in [-0.3, -0.25) is 4.79 Å². The van der Waals surface area contributed by atoms with Crippen molar-refractivity contribution in [3.8, 4) is 17.2 Å². The summed E-state index contributed by atoms with van der Waals surface area (Å²) in [6.45, 7) is 1.93. The van der Waals surface area contributed by atoms with Crippen molar-refractivity contribution in [2.45, 2.75) is 18.9 Å². The number of carbonyl (C=O) groups excluding carboxylic acids is 1. The van der Waals surface area contributed by atoms with E-state index in [4.69, 9.17) is 14.2 Å². The van der Waals surface area contributed by atoms with Crippen LogP contribution in [0.3, 0.4) is 0 Å². The monoisotopic (exact) mass is 308 g/mol. The first kappa shape index (κ1) is 16.4. The van der Waals surface area contributed by atoms with Gasteiger partial charge in [-0.25, -0.2) is 0 Å². The number of carbonyl (C=O) groups is 1. The van der Waals surface area contributed by atoms with E-state index < -0.39 is 0 Å². The van der Waals surface area contributed by atoms with Crippen LogP contribution in [0.4, 0.5) is 0 Å². The second-order valence-corrected chi connectivity index (χ2v) is 5.53. The van der Waals surface area contributed by atoms with Crippen LogP contribution in [0.2, 0.25) is 0 Å². The van der Waals surface area contributed by atoms with Crippen molar-refractivity contribution in [3.05, 3.63) is 17.7 Å².